The number of halogens is 2. The van der Waals surface area contributed by atoms with E-state index in [1.54, 1.807) is 29.2 Å². The van der Waals surface area contributed by atoms with E-state index in [4.69, 9.17) is 11.6 Å². The number of aliphatic carboxylic acids is 1. The molecule has 27 heavy (non-hydrogen) atoms. The lowest BCUT2D eigenvalue weighted by molar-refractivity contribution is -0.142. The second-order valence-electron chi connectivity index (χ2n) is 7.40. The van der Waals surface area contributed by atoms with Crippen molar-refractivity contribution in [2.45, 2.75) is 24.2 Å². The molecule has 4 nitrogen and oxygen atoms in total. The normalized spacial score (nSPS) is 23.3. The van der Waals surface area contributed by atoms with Gasteiger partial charge in [-0.15, -0.1) is 0 Å². The molecule has 0 aromatic heterocycles. The third-order valence-corrected chi connectivity index (χ3v) is 6.03. The van der Waals surface area contributed by atoms with Crippen molar-refractivity contribution in [3.05, 3.63) is 70.5 Å². The smallest absolute Gasteiger partial charge is 0.308 e. The van der Waals surface area contributed by atoms with Gasteiger partial charge in [-0.25, -0.2) is 4.39 Å². The molecule has 0 radical (unpaired) electrons. The predicted molar refractivity (Wildman–Crippen MR) is 99.2 cm³/mol. The molecule has 6 heteroatoms. The van der Waals surface area contributed by atoms with Crippen molar-refractivity contribution in [1.82, 2.24) is 4.90 Å². The summed E-state index contributed by atoms with van der Waals surface area (Å²) in [5.74, 6) is -2.22. The van der Waals surface area contributed by atoms with E-state index in [-0.39, 0.29) is 24.2 Å². The van der Waals surface area contributed by atoms with Gasteiger partial charge in [-0.05, 0) is 48.2 Å². The maximum absolute atomic E-state index is 13.2. The highest BCUT2D eigenvalue weighted by atomic mass is 35.5. The summed E-state index contributed by atoms with van der Waals surface area (Å²) in [6.45, 7) is 0.546. The van der Waals surface area contributed by atoms with Gasteiger partial charge in [0.25, 0.3) is 0 Å². The molecule has 1 aliphatic carbocycles. The molecule has 1 N–H and O–H groups in total. The van der Waals surface area contributed by atoms with Crippen LogP contribution in [0.15, 0.2) is 48.5 Å². The fraction of sp³-hybridized carbons (Fsp3) is 0.333. The lowest BCUT2D eigenvalue weighted by Crippen LogP contribution is -2.38. The standard InChI is InChI=1S/C21H19ClFNO3/c22-15-5-1-13(2-6-15)17-11-24(12-18(17)19(25)26)20(27)21(9-10-21)14-3-7-16(23)8-4-14/h1-8,17-18H,9-12H2,(H,25,26)/t17-,18+/m0/s1. The highest BCUT2D eigenvalue weighted by molar-refractivity contribution is 6.30. The molecule has 0 spiro atoms. The van der Waals surface area contributed by atoms with Gasteiger partial charge in [-0.3, -0.25) is 9.59 Å². The van der Waals surface area contributed by atoms with Crippen molar-refractivity contribution in [2.75, 3.05) is 13.1 Å². The number of carbonyl (C=O) groups is 2. The largest absolute Gasteiger partial charge is 0.481 e. The topological polar surface area (TPSA) is 57.6 Å². The summed E-state index contributed by atoms with van der Waals surface area (Å²) in [6.07, 6.45) is 1.41. The molecule has 4 rings (SSSR count). The lowest BCUT2D eigenvalue weighted by atomic mass is 9.89. The fourth-order valence-electron chi connectivity index (χ4n) is 4.09. The molecule has 2 atom stereocenters. The summed E-state index contributed by atoms with van der Waals surface area (Å²) in [6, 6.07) is 13.2. The zero-order chi connectivity index (χ0) is 19.2. The molecule has 0 unspecified atom stereocenters. The number of rotatable bonds is 4. The van der Waals surface area contributed by atoms with Crippen molar-refractivity contribution in [2.24, 2.45) is 5.92 Å². The Morgan fingerprint density at radius 1 is 1.04 bits per heavy atom. The Kier molecular flexibility index (Phi) is 4.42. The number of hydrogen-bond donors (Lipinski definition) is 1. The Hall–Kier alpha value is -2.40. The minimum atomic E-state index is -0.906. The molecule has 2 fully saturated rings. The number of hydrogen-bond acceptors (Lipinski definition) is 2. The minimum absolute atomic E-state index is 0.0585. The van der Waals surface area contributed by atoms with Crippen LogP contribution in [0.25, 0.3) is 0 Å². The Morgan fingerprint density at radius 3 is 2.22 bits per heavy atom. The Morgan fingerprint density at radius 2 is 1.67 bits per heavy atom. The van der Waals surface area contributed by atoms with Crippen LogP contribution in [0.1, 0.15) is 29.9 Å². The summed E-state index contributed by atoms with van der Waals surface area (Å²) >= 11 is 5.94. The van der Waals surface area contributed by atoms with Gasteiger partial charge >= 0.3 is 5.97 Å². The van der Waals surface area contributed by atoms with Gasteiger partial charge in [0.05, 0.1) is 11.3 Å². The molecule has 1 heterocycles. The second-order valence-corrected chi connectivity index (χ2v) is 7.84. The average Bonchev–Trinajstić information content (AvgIpc) is 3.34. The highest BCUT2D eigenvalue weighted by Crippen LogP contribution is 2.51. The number of carboxylic acid groups (broad SMARTS) is 1. The van der Waals surface area contributed by atoms with Crippen LogP contribution in [-0.2, 0) is 15.0 Å². The number of nitrogens with zero attached hydrogens (tertiary/aromatic N) is 1. The van der Waals surface area contributed by atoms with E-state index in [0.29, 0.717) is 24.4 Å². The van der Waals surface area contributed by atoms with Crippen LogP contribution >= 0.6 is 11.6 Å². The molecular formula is C21H19ClFNO3. The quantitative estimate of drug-likeness (QED) is 0.867. The molecule has 2 aliphatic rings. The van der Waals surface area contributed by atoms with Crippen LogP contribution in [0.4, 0.5) is 4.39 Å². The zero-order valence-electron chi connectivity index (χ0n) is 14.6. The molecule has 1 amide bonds. The van der Waals surface area contributed by atoms with E-state index in [9.17, 15) is 19.1 Å². The maximum Gasteiger partial charge on any atom is 0.308 e. The van der Waals surface area contributed by atoms with Gasteiger partial charge in [-0.1, -0.05) is 35.9 Å². The van der Waals surface area contributed by atoms with Gasteiger partial charge in [0.2, 0.25) is 5.91 Å². The molecule has 1 saturated heterocycles. The predicted octanol–water partition coefficient (Wildman–Crippen LogP) is 3.84. The number of amides is 1. The molecule has 2 aromatic rings. The Balaban J connectivity index is 1.59. The van der Waals surface area contributed by atoms with Crippen molar-refractivity contribution < 1.29 is 19.1 Å². The first-order valence-corrected chi connectivity index (χ1v) is 9.32. The molecule has 1 saturated carbocycles. The van der Waals surface area contributed by atoms with Gasteiger partial charge in [0, 0.05) is 24.0 Å². The Bertz CT molecular complexity index is 877. The van der Waals surface area contributed by atoms with Gasteiger partial charge in [0.15, 0.2) is 0 Å². The van der Waals surface area contributed by atoms with E-state index in [0.717, 1.165) is 11.1 Å². The van der Waals surface area contributed by atoms with Crippen molar-refractivity contribution in [3.8, 4) is 0 Å². The number of carboxylic acids is 1. The van der Waals surface area contributed by atoms with Crippen LogP contribution in [-0.4, -0.2) is 35.0 Å². The summed E-state index contributed by atoms with van der Waals surface area (Å²) in [4.78, 5) is 26.7. The van der Waals surface area contributed by atoms with Crippen LogP contribution in [0.3, 0.4) is 0 Å². The van der Waals surface area contributed by atoms with Gasteiger partial charge in [-0.2, -0.15) is 0 Å². The van der Waals surface area contributed by atoms with Crippen molar-refractivity contribution in [1.29, 1.82) is 0 Å². The van der Waals surface area contributed by atoms with Crippen LogP contribution < -0.4 is 0 Å². The Labute approximate surface area is 161 Å². The minimum Gasteiger partial charge on any atom is -0.481 e. The first-order chi connectivity index (χ1) is 12.9. The molecule has 0 bridgehead atoms. The third kappa shape index (κ3) is 3.21. The summed E-state index contributed by atoms with van der Waals surface area (Å²) < 4.78 is 13.2. The van der Waals surface area contributed by atoms with E-state index in [1.807, 2.05) is 12.1 Å². The SMILES string of the molecule is O=C(O)[C@@H]1CN(C(=O)C2(c3ccc(F)cc3)CC2)C[C@H]1c1ccc(Cl)cc1. The van der Waals surface area contributed by atoms with Gasteiger partial charge < -0.3 is 10.0 Å². The van der Waals surface area contributed by atoms with E-state index in [2.05, 4.69) is 0 Å². The number of carbonyl (C=O) groups excluding carboxylic acids is 1. The average molecular weight is 388 g/mol. The first kappa shape index (κ1) is 18.0. The van der Waals surface area contributed by atoms with E-state index >= 15 is 0 Å². The van der Waals surface area contributed by atoms with Gasteiger partial charge in [0.1, 0.15) is 5.82 Å². The van der Waals surface area contributed by atoms with Crippen molar-refractivity contribution in [3.63, 3.8) is 0 Å². The van der Waals surface area contributed by atoms with E-state index < -0.39 is 17.3 Å². The second kappa shape index (κ2) is 6.64. The third-order valence-electron chi connectivity index (χ3n) is 5.78. The molecule has 140 valence electrons. The van der Waals surface area contributed by atoms with E-state index in [1.165, 1.54) is 12.1 Å². The molecular weight excluding hydrogens is 369 g/mol. The highest BCUT2D eigenvalue weighted by Gasteiger charge is 2.55. The monoisotopic (exact) mass is 387 g/mol. The van der Waals surface area contributed by atoms with Crippen molar-refractivity contribution >= 4 is 23.5 Å². The summed E-state index contributed by atoms with van der Waals surface area (Å²) in [7, 11) is 0. The summed E-state index contributed by atoms with van der Waals surface area (Å²) in [5, 5.41) is 10.2. The first-order valence-electron chi connectivity index (χ1n) is 8.94. The lowest BCUT2D eigenvalue weighted by Gasteiger charge is -2.23. The number of likely N-dealkylation sites (tertiary alicyclic amines) is 1. The summed E-state index contributed by atoms with van der Waals surface area (Å²) in [5.41, 5.74) is 1.04. The maximum atomic E-state index is 13.2. The fourth-order valence-corrected chi connectivity index (χ4v) is 4.22. The van der Waals surface area contributed by atoms with Crippen LogP contribution in [0.5, 0.6) is 0 Å². The van der Waals surface area contributed by atoms with Crippen LogP contribution in [0, 0.1) is 11.7 Å². The number of benzene rings is 2. The molecule has 2 aromatic carbocycles. The zero-order valence-corrected chi connectivity index (χ0v) is 15.3. The molecule has 1 aliphatic heterocycles. The van der Waals surface area contributed by atoms with Crippen LogP contribution in [0.2, 0.25) is 5.02 Å².